The molecule has 3 aliphatic carbocycles. The normalized spacial score (nSPS) is 34.2. The molecule has 1 amide bonds. The van der Waals surface area contributed by atoms with Crippen LogP contribution in [0.2, 0.25) is 0 Å². The molecule has 7 heteroatoms. The largest absolute Gasteiger partial charge is 0.462 e. The molecule has 2 saturated carbocycles. The fourth-order valence-corrected chi connectivity index (χ4v) is 8.60. The second-order valence-corrected chi connectivity index (χ2v) is 13.1. The van der Waals surface area contributed by atoms with Gasteiger partial charge in [-0.2, -0.15) is 0 Å². The molecule has 1 heterocycles. The first-order valence-corrected chi connectivity index (χ1v) is 15.5. The summed E-state index contributed by atoms with van der Waals surface area (Å²) in [6, 6.07) is 8.06. The van der Waals surface area contributed by atoms with Gasteiger partial charge < -0.3 is 15.0 Å². The van der Waals surface area contributed by atoms with E-state index in [2.05, 4.69) is 30.1 Å². The Bertz CT molecular complexity index is 1050. The topological polar surface area (TPSA) is 58.6 Å². The van der Waals surface area contributed by atoms with E-state index in [0.29, 0.717) is 35.9 Å². The molecule has 1 aliphatic heterocycles. The lowest BCUT2D eigenvalue weighted by Gasteiger charge is -2.59. The van der Waals surface area contributed by atoms with Crippen LogP contribution >= 0.6 is 23.2 Å². The third kappa shape index (κ3) is 5.47. The van der Waals surface area contributed by atoms with E-state index in [1.165, 1.54) is 12.0 Å². The monoisotopic (exact) mass is 560 g/mol. The summed E-state index contributed by atoms with van der Waals surface area (Å²) in [4.78, 5) is 27.2. The van der Waals surface area contributed by atoms with Gasteiger partial charge in [-0.05, 0) is 86.3 Å². The molecule has 0 radical (unpaired) electrons. The molecule has 3 fully saturated rings. The summed E-state index contributed by atoms with van der Waals surface area (Å²) in [5, 5.41) is 3.35. The lowest BCUT2D eigenvalue weighted by molar-refractivity contribution is -0.151. The minimum absolute atomic E-state index is 0.0385. The highest BCUT2D eigenvalue weighted by Crippen LogP contribution is 2.60. The molecule has 208 valence electrons. The second kappa shape index (κ2) is 11.4. The zero-order chi connectivity index (χ0) is 26.9. The molecule has 4 unspecified atom stereocenters. The molecule has 0 spiro atoms. The number of ether oxygens (including phenoxy) is 1. The van der Waals surface area contributed by atoms with E-state index in [-0.39, 0.29) is 35.4 Å². The number of rotatable bonds is 8. The predicted molar refractivity (Wildman–Crippen MR) is 154 cm³/mol. The van der Waals surface area contributed by atoms with E-state index < -0.39 is 0 Å². The van der Waals surface area contributed by atoms with Gasteiger partial charge in [0.25, 0.3) is 0 Å². The first kappa shape index (κ1) is 27.8. The molecule has 0 aromatic heterocycles. The molecule has 5 nitrogen and oxygen atoms in total. The quantitative estimate of drug-likeness (QED) is 0.231. The van der Waals surface area contributed by atoms with Crippen molar-refractivity contribution in [2.75, 3.05) is 29.7 Å². The van der Waals surface area contributed by atoms with Crippen LogP contribution in [0, 0.1) is 23.2 Å². The minimum atomic E-state index is -0.148. The number of benzene rings is 1. The first-order chi connectivity index (χ1) is 18.3. The molecular formula is C31H42Cl2N2O3. The van der Waals surface area contributed by atoms with Gasteiger partial charge in [0.2, 0.25) is 5.91 Å². The number of halogens is 2. The summed E-state index contributed by atoms with van der Waals surface area (Å²) in [6.07, 6.45) is 10.6. The average molecular weight is 562 g/mol. The van der Waals surface area contributed by atoms with E-state index in [1.807, 2.05) is 24.3 Å². The maximum atomic E-state index is 12.9. The standard InChI is InChI=1S/C31H42Cl2N2O3/c1-30-13-11-24(38-29(37)19-21-3-6-23(7-4-21)35(17-15-32)18-16-33)20-22(30)5-8-25-26(30)12-14-31(2)27(25)9-10-28(36)34-31/h3-7,24-27H,8-20H2,1-2H3,(H,34,36)/t24?,25?,26?,27?,30-,31-/m0/s1. The minimum Gasteiger partial charge on any atom is -0.462 e. The van der Waals surface area contributed by atoms with Crippen molar-refractivity contribution in [1.29, 1.82) is 0 Å². The van der Waals surface area contributed by atoms with Crippen LogP contribution in [0.25, 0.3) is 0 Å². The fraction of sp³-hybridized carbons (Fsp3) is 0.677. The number of fused-ring (bicyclic) bond motifs is 5. The molecule has 0 bridgehead atoms. The van der Waals surface area contributed by atoms with Crippen molar-refractivity contribution < 1.29 is 14.3 Å². The van der Waals surface area contributed by atoms with Crippen molar-refractivity contribution in [2.45, 2.75) is 83.3 Å². The van der Waals surface area contributed by atoms with Gasteiger partial charge in [-0.15, -0.1) is 23.2 Å². The predicted octanol–water partition coefficient (Wildman–Crippen LogP) is 6.26. The molecule has 1 aromatic rings. The zero-order valence-electron chi connectivity index (χ0n) is 22.8. The molecule has 1 saturated heterocycles. The maximum Gasteiger partial charge on any atom is 0.310 e. The first-order valence-electron chi connectivity index (χ1n) is 14.4. The summed E-state index contributed by atoms with van der Waals surface area (Å²) < 4.78 is 6.02. The van der Waals surface area contributed by atoms with E-state index in [1.54, 1.807) is 0 Å². The lowest BCUT2D eigenvalue weighted by atomic mass is 9.48. The van der Waals surface area contributed by atoms with Crippen molar-refractivity contribution in [2.24, 2.45) is 23.2 Å². The van der Waals surface area contributed by atoms with Crippen LogP contribution in [0.3, 0.4) is 0 Å². The van der Waals surface area contributed by atoms with Gasteiger partial charge in [-0.1, -0.05) is 30.7 Å². The third-order valence-corrected chi connectivity index (χ3v) is 10.6. The van der Waals surface area contributed by atoms with E-state index in [0.717, 1.165) is 62.9 Å². The van der Waals surface area contributed by atoms with E-state index in [4.69, 9.17) is 27.9 Å². The summed E-state index contributed by atoms with van der Waals surface area (Å²) in [5.41, 5.74) is 3.66. The molecular weight excluding hydrogens is 519 g/mol. The van der Waals surface area contributed by atoms with Crippen molar-refractivity contribution in [3.63, 3.8) is 0 Å². The number of anilines is 1. The van der Waals surface area contributed by atoms with Crippen LogP contribution in [-0.4, -0.2) is 48.4 Å². The summed E-state index contributed by atoms with van der Waals surface area (Å²) >= 11 is 11.9. The summed E-state index contributed by atoms with van der Waals surface area (Å²) in [7, 11) is 0. The van der Waals surface area contributed by atoms with Crippen LogP contribution in [0.5, 0.6) is 0 Å². The molecule has 5 rings (SSSR count). The van der Waals surface area contributed by atoms with Gasteiger partial charge in [0.05, 0.1) is 6.42 Å². The number of allylic oxidation sites excluding steroid dienone is 1. The Balaban J connectivity index is 1.19. The number of nitrogens with zero attached hydrogens (tertiary/aromatic N) is 1. The fourth-order valence-electron chi connectivity index (χ4n) is 8.20. The Kier molecular flexibility index (Phi) is 8.36. The van der Waals surface area contributed by atoms with Gasteiger partial charge in [0.1, 0.15) is 6.10 Å². The van der Waals surface area contributed by atoms with Gasteiger partial charge in [0, 0.05) is 48.9 Å². The van der Waals surface area contributed by atoms with Crippen molar-refractivity contribution in [3.05, 3.63) is 41.5 Å². The average Bonchev–Trinajstić information content (AvgIpc) is 2.88. The zero-order valence-corrected chi connectivity index (χ0v) is 24.3. The van der Waals surface area contributed by atoms with Crippen LogP contribution in [0.15, 0.2) is 35.9 Å². The number of carbonyl (C=O) groups excluding carboxylic acids is 2. The van der Waals surface area contributed by atoms with Crippen molar-refractivity contribution >= 4 is 40.8 Å². The molecule has 6 atom stereocenters. The van der Waals surface area contributed by atoms with Gasteiger partial charge >= 0.3 is 5.97 Å². The second-order valence-electron chi connectivity index (χ2n) is 12.4. The highest BCUT2D eigenvalue weighted by Gasteiger charge is 2.56. The molecule has 1 N–H and O–H groups in total. The van der Waals surface area contributed by atoms with Crippen molar-refractivity contribution in [3.8, 4) is 0 Å². The molecule has 4 aliphatic rings. The van der Waals surface area contributed by atoms with Gasteiger partial charge in [-0.3, -0.25) is 9.59 Å². The number of hydrogen-bond acceptors (Lipinski definition) is 4. The summed E-state index contributed by atoms with van der Waals surface area (Å²) in [6.45, 7) is 6.21. The Morgan fingerprint density at radius 3 is 2.50 bits per heavy atom. The third-order valence-electron chi connectivity index (χ3n) is 10.2. The lowest BCUT2D eigenvalue weighted by Crippen LogP contribution is -2.62. The van der Waals surface area contributed by atoms with Crippen LogP contribution in [0.4, 0.5) is 5.69 Å². The van der Waals surface area contributed by atoms with Crippen LogP contribution < -0.4 is 10.2 Å². The van der Waals surface area contributed by atoms with E-state index in [9.17, 15) is 9.59 Å². The Hall–Kier alpha value is -1.72. The number of carbonyl (C=O) groups is 2. The summed E-state index contributed by atoms with van der Waals surface area (Å²) in [5.74, 6) is 3.01. The molecule has 38 heavy (non-hydrogen) atoms. The number of piperidine rings is 1. The van der Waals surface area contributed by atoms with Gasteiger partial charge in [-0.25, -0.2) is 0 Å². The number of nitrogens with one attached hydrogen (secondary N) is 1. The van der Waals surface area contributed by atoms with Gasteiger partial charge in [0.15, 0.2) is 0 Å². The number of amides is 1. The Morgan fingerprint density at radius 1 is 1.05 bits per heavy atom. The van der Waals surface area contributed by atoms with Crippen molar-refractivity contribution in [1.82, 2.24) is 5.32 Å². The van der Waals surface area contributed by atoms with E-state index >= 15 is 0 Å². The number of alkyl halides is 2. The molecule has 1 aromatic carbocycles. The van der Waals surface area contributed by atoms with Crippen LogP contribution in [0.1, 0.15) is 70.8 Å². The highest BCUT2D eigenvalue weighted by atomic mass is 35.5. The van der Waals surface area contributed by atoms with Crippen LogP contribution in [-0.2, 0) is 20.7 Å². The number of esters is 1. The SMILES string of the molecule is C[C@]12CCC(OC(=O)Cc3ccc(N(CCCl)CCCl)cc3)CC1=CCC1C2CC[C@]2(C)NC(=O)CCC12. The smallest absolute Gasteiger partial charge is 0.310 e. The Labute approximate surface area is 237 Å². The Morgan fingerprint density at radius 2 is 1.79 bits per heavy atom. The maximum absolute atomic E-state index is 12.9. The highest BCUT2D eigenvalue weighted by molar-refractivity contribution is 6.18. The number of hydrogen-bond donors (Lipinski definition) is 1.